The molecule has 13 heteroatoms. The van der Waals surface area contributed by atoms with Crippen molar-refractivity contribution in [3.8, 4) is 5.75 Å². The van der Waals surface area contributed by atoms with E-state index in [0.29, 0.717) is 18.4 Å². The first-order chi connectivity index (χ1) is 28.1. The summed E-state index contributed by atoms with van der Waals surface area (Å²) in [6, 6.07) is 16.9. The Labute approximate surface area is 341 Å². The lowest BCUT2D eigenvalue weighted by molar-refractivity contribution is -0.156. The number of ether oxygens (including phenoxy) is 4. The Balaban J connectivity index is 0.000000148. The number of aliphatic hydroxyl groups is 1. The predicted octanol–water partition coefficient (Wildman–Crippen LogP) is 3.80. The molecule has 7 aliphatic heterocycles. The van der Waals surface area contributed by atoms with Crippen molar-refractivity contribution in [2.24, 2.45) is 35.3 Å². The van der Waals surface area contributed by atoms with Crippen molar-refractivity contribution < 1.29 is 48.3 Å². The van der Waals surface area contributed by atoms with E-state index < -0.39 is 17.8 Å². The number of aliphatic carboxylic acids is 1. The van der Waals surface area contributed by atoms with E-state index in [0.717, 1.165) is 115 Å². The lowest BCUT2D eigenvalue weighted by Crippen LogP contribution is -2.40. The maximum Gasteiger partial charge on any atom is 0.320 e. The second kappa shape index (κ2) is 19.6. The third-order valence-corrected chi connectivity index (χ3v) is 13.6. The van der Waals surface area contributed by atoms with Gasteiger partial charge in [-0.2, -0.15) is 0 Å². The van der Waals surface area contributed by atoms with E-state index in [1.54, 1.807) is 7.11 Å². The van der Waals surface area contributed by atoms with Crippen molar-refractivity contribution in [1.29, 1.82) is 0 Å². The summed E-state index contributed by atoms with van der Waals surface area (Å²) >= 11 is 0. The summed E-state index contributed by atoms with van der Waals surface area (Å²) in [5, 5.41) is 18.5. The number of ketones is 1. The highest BCUT2D eigenvalue weighted by Crippen LogP contribution is 2.48. The highest BCUT2D eigenvalue weighted by atomic mass is 16.6. The van der Waals surface area contributed by atoms with Gasteiger partial charge in [0.05, 0.1) is 61.8 Å². The molecule has 0 saturated carbocycles. The van der Waals surface area contributed by atoms with Gasteiger partial charge in [0.1, 0.15) is 11.5 Å². The van der Waals surface area contributed by atoms with Gasteiger partial charge < -0.3 is 44.7 Å². The van der Waals surface area contributed by atoms with Crippen molar-refractivity contribution in [2.45, 2.75) is 108 Å². The largest absolute Gasteiger partial charge is 0.497 e. The van der Waals surface area contributed by atoms with Gasteiger partial charge in [0.25, 0.3) is 0 Å². The van der Waals surface area contributed by atoms with Gasteiger partial charge in [-0.1, -0.05) is 36.4 Å². The van der Waals surface area contributed by atoms with Crippen LogP contribution >= 0.6 is 0 Å². The third kappa shape index (κ3) is 10.2. The zero-order valence-electron chi connectivity index (χ0n) is 33.8. The molecule has 0 aromatic heterocycles. The standard InChI is InChI=1S/C23H31NO5.C14H22N2O.C8H8O4/c1-28-17-4-2-15(3-5-17)8-11-24-12-9-16(10-13-24)14-18(25)21-19-6-7-20(29-19)22(21)23(26)27;15-14-6-9-16(10-7-14)8-5-12-1-3-13(11-17)4-2-12;9-7-5-3-1-2-4(11-3)6(5)8(10)12-7/h2-5,16,19-22H,6-14H2,1H3,(H,26,27);1-4,14,17H,5-11,15H2;3-6H,1-2H2. The van der Waals surface area contributed by atoms with Gasteiger partial charge in [-0.05, 0) is 125 Å². The van der Waals surface area contributed by atoms with Gasteiger partial charge in [-0.25, -0.2) is 0 Å². The smallest absolute Gasteiger partial charge is 0.320 e. The lowest BCUT2D eigenvalue weighted by atomic mass is 9.74. The molecule has 4 bridgehead atoms. The van der Waals surface area contributed by atoms with E-state index in [1.165, 1.54) is 11.1 Å². The number of hydrogen-bond donors (Lipinski definition) is 3. The number of likely N-dealkylation sites (tertiary alicyclic amines) is 2. The summed E-state index contributed by atoms with van der Waals surface area (Å²) in [6.45, 7) is 6.54. The molecule has 0 aliphatic carbocycles. The van der Waals surface area contributed by atoms with Crippen molar-refractivity contribution >= 4 is 23.7 Å². The van der Waals surface area contributed by atoms with E-state index in [9.17, 15) is 24.3 Å². The van der Waals surface area contributed by atoms with Crippen LogP contribution in [0.2, 0.25) is 0 Å². The van der Waals surface area contributed by atoms with E-state index in [4.69, 9.17) is 25.1 Å². The maximum atomic E-state index is 12.9. The number of Topliss-reactive ketones (excluding diaryl/α,β-unsaturated/α-hetero) is 1. The van der Waals surface area contributed by atoms with E-state index in [1.807, 2.05) is 24.3 Å². The molecule has 13 nitrogen and oxygen atoms in total. The van der Waals surface area contributed by atoms with Crippen molar-refractivity contribution in [2.75, 3.05) is 46.4 Å². The van der Waals surface area contributed by atoms with E-state index in [2.05, 4.69) is 38.8 Å². The number of carboxylic acid groups (broad SMARTS) is 1. The zero-order chi connectivity index (χ0) is 40.8. The zero-order valence-corrected chi connectivity index (χ0v) is 33.8. The van der Waals surface area contributed by atoms with Crippen LogP contribution in [0.15, 0.2) is 48.5 Å². The average molecular weight is 804 g/mol. The predicted molar refractivity (Wildman–Crippen MR) is 214 cm³/mol. The fourth-order valence-corrected chi connectivity index (χ4v) is 10.1. The first kappa shape index (κ1) is 42.4. The Hall–Kier alpha value is -3.72. The van der Waals surface area contributed by atoms with Crippen LogP contribution < -0.4 is 10.5 Å². The number of piperidine rings is 2. The highest BCUT2D eigenvalue weighted by molar-refractivity contribution is 5.98. The topological polar surface area (TPSA) is 178 Å². The highest BCUT2D eigenvalue weighted by Gasteiger charge is 2.61. The second-order valence-corrected chi connectivity index (χ2v) is 17.2. The van der Waals surface area contributed by atoms with Gasteiger partial charge in [0.15, 0.2) is 0 Å². The molecule has 7 aliphatic rings. The quantitative estimate of drug-likeness (QED) is 0.209. The fraction of sp³-hybridized carbons (Fsp3) is 0.644. The summed E-state index contributed by atoms with van der Waals surface area (Å²) in [5.41, 5.74) is 9.52. The van der Waals surface area contributed by atoms with Crippen LogP contribution in [0.1, 0.15) is 74.5 Å². The van der Waals surface area contributed by atoms with Crippen LogP contribution in [0, 0.1) is 29.6 Å². The van der Waals surface area contributed by atoms with Crippen LogP contribution in [0.4, 0.5) is 0 Å². The monoisotopic (exact) mass is 803 g/mol. The van der Waals surface area contributed by atoms with Gasteiger partial charge in [-0.3, -0.25) is 19.2 Å². The molecule has 8 atom stereocenters. The number of esters is 2. The number of carbonyl (C=O) groups excluding carboxylic acids is 3. The number of hydrogen-bond acceptors (Lipinski definition) is 12. The molecule has 2 aromatic rings. The molecule has 58 heavy (non-hydrogen) atoms. The van der Waals surface area contributed by atoms with Crippen LogP contribution in [0.25, 0.3) is 0 Å². The molecular formula is C45H61N3O10. The van der Waals surface area contributed by atoms with Crippen molar-refractivity contribution in [3.05, 3.63) is 65.2 Å². The SMILES string of the molecule is COc1ccc(CCN2CCC(CC(=O)C3C4CCC(O4)C3C(=O)O)CC2)cc1.NC1CCN(CCc2ccc(CO)cc2)CC1.O=C1OC(=O)C2C3CCC(O3)C12. The number of carboxylic acids is 1. The number of aliphatic hydroxyl groups excluding tert-OH is 1. The average Bonchev–Trinajstić information content (AvgIpc) is 4.10. The summed E-state index contributed by atoms with van der Waals surface area (Å²) in [6.07, 6.45) is 9.76. The normalized spacial score (nSPS) is 30.6. The Morgan fingerprint density at radius 1 is 0.690 bits per heavy atom. The number of carbonyl (C=O) groups is 4. The first-order valence-electron chi connectivity index (χ1n) is 21.4. The number of fused-ring (bicyclic) bond motifs is 7. The molecule has 0 spiro atoms. The van der Waals surface area contributed by atoms with E-state index >= 15 is 0 Å². The fourth-order valence-electron chi connectivity index (χ4n) is 10.1. The Morgan fingerprint density at radius 3 is 1.67 bits per heavy atom. The summed E-state index contributed by atoms with van der Waals surface area (Å²) in [5.74, 6) is -1.89. The number of cyclic esters (lactones) is 2. The summed E-state index contributed by atoms with van der Waals surface area (Å²) < 4.78 is 21.0. The van der Waals surface area contributed by atoms with Gasteiger partial charge >= 0.3 is 17.9 Å². The van der Waals surface area contributed by atoms with Crippen LogP contribution in [0.3, 0.4) is 0 Å². The molecule has 316 valence electrons. The number of nitrogens with two attached hydrogens (primary N) is 1. The Morgan fingerprint density at radius 2 is 1.16 bits per heavy atom. The summed E-state index contributed by atoms with van der Waals surface area (Å²) in [4.78, 5) is 51.7. The lowest BCUT2D eigenvalue weighted by Gasteiger charge is -2.33. The van der Waals surface area contributed by atoms with Crippen LogP contribution in [-0.2, 0) is 52.8 Å². The Bertz CT molecular complexity index is 1680. The minimum atomic E-state index is -0.871. The third-order valence-electron chi connectivity index (χ3n) is 13.6. The van der Waals surface area contributed by atoms with E-state index in [-0.39, 0.29) is 60.6 Å². The number of nitrogens with zero attached hydrogens (tertiary/aromatic N) is 2. The van der Waals surface area contributed by atoms with Gasteiger partial charge in [0, 0.05) is 25.6 Å². The molecule has 0 amide bonds. The minimum absolute atomic E-state index is 0.0426. The molecule has 7 heterocycles. The molecule has 4 N–H and O–H groups in total. The van der Waals surface area contributed by atoms with Crippen molar-refractivity contribution in [3.63, 3.8) is 0 Å². The van der Waals surface area contributed by atoms with Crippen molar-refractivity contribution in [1.82, 2.24) is 9.80 Å². The molecule has 8 unspecified atom stereocenters. The molecule has 9 rings (SSSR count). The van der Waals surface area contributed by atoms with Crippen LogP contribution in [0.5, 0.6) is 5.75 Å². The summed E-state index contributed by atoms with van der Waals surface area (Å²) in [7, 11) is 1.68. The molecule has 7 fully saturated rings. The first-order valence-corrected chi connectivity index (χ1v) is 21.4. The number of benzene rings is 2. The molecule has 0 radical (unpaired) electrons. The van der Waals surface area contributed by atoms with Gasteiger partial charge in [0.2, 0.25) is 0 Å². The van der Waals surface area contributed by atoms with Crippen LogP contribution in [-0.4, -0.2) is 121 Å². The second-order valence-electron chi connectivity index (χ2n) is 17.2. The molecular weight excluding hydrogens is 743 g/mol. The number of rotatable bonds is 12. The maximum absolute atomic E-state index is 12.9. The van der Waals surface area contributed by atoms with Gasteiger partial charge in [-0.15, -0.1) is 0 Å². The molecule has 2 aromatic carbocycles. The number of methoxy groups -OCH3 is 1. The Kier molecular flexibility index (Phi) is 14.3. The minimum Gasteiger partial charge on any atom is -0.497 e. The molecule has 7 saturated heterocycles.